The molecular formula is C29H32N4O2S2. The average molecular weight is 533 g/mol. The van der Waals surface area contributed by atoms with Crippen LogP contribution in [-0.4, -0.2) is 24.3 Å². The third-order valence-corrected chi connectivity index (χ3v) is 6.84. The summed E-state index contributed by atoms with van der Waals surface area (Å²) in [6.45, 7) is 1.47. The number of benzene rings is 3. The molecular weight excluding hydrogens is 500 g/mol. The van der Waals surface area contributed by atoms with Crippen molar-refractivity contribution in [3.05, 3.63) is 77.9 Å². The van der Waals surface area contributed by atoms with Crippen molar-refractivity contribution in [2.75, 3.05) is 23.8 Å². The maximum atomic E-state index is 11.4. The highest BCUT2D eigenvalue weighted by Gasteiger charge is 2.20. The second-order valence-corrected chi connectivity index (χ2v) is 9.62. The van der Waals surface area contributed by atoms with Crippen molar-refractivity contribution in [2.24, 2.45) is 4.36 Å². The standard InChI is InChI=1S/C29H32N4O2S2/c34-28(33-37)31-26-15-7-8-17-27(26)35-19-10-4-2-1-3-9-18-30-29(36)32-25-16-11-14-23-22-13-6-5-12-21(22)20-24(23)25/h5-8,11-17H,1-4,9-10,18-20H2,(H,31,34)(H2,30,32,36). The first-order valence-corrected chi connectivity index (χ1v) is 13.5. The summed E-state index contributed by atoms with van der Waals surface area (Å²) in [5.74, 6) is 0.634. The van der Waals surface area contributed by atoms with Gasteiger partial charge in [-0.3, -0.25) is 0 Å². The Balaban J connectivity index is 1.06. The molecule has 3 N–H and O–H groups in total. The molecule has 2 amide bonds. The van der Waals surface area contributed by atoms with Gasteiger partial charge in [0, 0.05) is 31.1 Å². The largest absolute Gasteiger partial charge is 0.491 e. The molecule has 1 aliphatic rings. The van der Waals surface area contributed by atoms with Crippen LogP contribution in [0.15, 0.2) is 71.1 Å². The topological polar surface area (TPSA) is 74.8 Å². The van der Waals surface area contributed by atoms with Gasteiger partial charge < -0.3 is 20.7 Å². The monoisotopic (exact) mass is 532 g/mol. The summed E-state index contributed by atoms with van der Waals surface area (Å²) in [5, 5.41) is 10.1. The van der Waals surface area contributed by atoms with E-state index in [0.29, 0.717) is 23.2 Å². The molecule has 0 spiro atoms. The van der Waals surface area contributed by atoms with Crippen molar-refractivity contribution in [3.63, 3.8) is 0 Å². The average Bonchev–Trinajstić information content (AvgIpc) is 3.30. The van der Waals surface area contributed by atoms with Gasteiger partial charge in [-0.2, -0.15) is 0 Å². The van der Waals surface area contributed by atoms with E-state index in [-0.39, 0.29) is 0 Å². The highest BCUT2D eigenvalue weighted by Crippen LogP contribution is 2.39. The van der Waals surface area contributed by atoms with Crippen molar-refractivity contribution in [1.82, 2.24) is 5.32 Å². The van der Waals surface area contributed by atoms with E-state index in [9.17, 15) is 4.79 Å². The Kier molecular flexibility index (Phi) is 9.97. The van der Waals surface area contributed by atoms with Crippen molar-refractivity contribution < 1.29 is 9.53 Å². The summed E-state index contributed by atoms with van der Waals surface area (Å²) in [7, 11) is 0. The SMILES string of the molecule is O=C(N=S)Nc1ccccc1OCCCCCCCCNC(=S)Nc1cccc2c1Cc1ccccc1-2. The second-order valence-electron chi connectivity index (χ2n) is 9.03. The van der Waals surface area contributed by atoms with E-state index in [2.05, 4.69) is 75.2 Å². The Bertz CT molecular complexity index is 1250. The number of carbonyl (C=O) groups excluding carboxylic acids is 1. The molecule has 37 heavy (non-hydrogen) atoms. The van der Waals surface area contributed by atoms with E-state index in [1.165, 1.54) is 28.7 Å². The maximum Gasteiger partial charge on any atom is 0.356 e. The van der Waals surface area contributed by atoms with E-state index in [4.69, 9.17) is 17.0 Å². The van der Waals surface area contributed by atoms with Gasteiger partial charge >= 0.3 is 6.03 Å². The number of nitrogens with one attached hydrogen (secondary N) is 3. The third-order valence-electron chi connectivity index (χ3n) is 6.42. The number of hydrogen-bond donors (Lipinski definition) is 3. The van der Waals surface area contributed by atoms with E-state index in [1.807, 2.05) is 18.2 Å². The molecule has 192 valence electrons. The van der Waals surface area contributed by atoms with Crippen LogP contribution >= 0.6 is 12.2 Å². The number of nitrogens with zero attached hydrogens (tertiary/aromatic N) is 1. The van der Waals surface area contributed by atoms with Crippen molar-refractivity contribution in [2.45, 2.75) is 44.9 Å². The Hall–Kier alpha value is -3.36. The molecule has 0 aromatic heterocycles. The predicted molar refractivity (Wildman–Crippen MR) is 157 cm³/mol. The van der Waals surface area contributed by atoms with Gasteiger partial charge in [-0.15, -0.1) is 4.36 Å². The minimum atomic E-state index is -0.563. The van der Waals surface area contributed by atoms with Gasteiger partial charge in [-0.25, -0.2) is 4.79 Å². The molecule has 0 fully saturated rings. The van der Waals surface area contributed by atoms with Crippen LogP contribution in [0.4, 0.5) is 16.2 Å². The molecule has 4 rings (SSSR count). The van der Waals surface area contributed by atoms with Crippen LogP contribution in [0.25, 0.3) is 11.1 Å². The first-order chi connectivity index (χ1) is 18.2. The lowest BCUT2D eigenvalue weighted by Crippen LogP contribution is -2.29. The molecule has 0 saturated carbocycles. The Morgan fingerprint density at radius 1 is 0.811 bits per heavy atom. The summed E-state index contributed by atoms with van der Waals surface area (Å²) in [4.78, 5) is 11.4. The molecule has 0 heterocycles. The van der Waals surface area contributed by atoms with Gasteiger partial charge in [-0.1, -0.05) is 74.2 Å². The Labute approximate surface area is 229 Å². The van der Waals surface area contributed by atoms with Crippen LogP contribution in [0.5, 0.6) is 5.75 Å². The van der Waals surface area contributed by atoms with Crippen molar-refractivity contribution in [3.8, 4) is 16.9 Å². The summed E-state index contributed by atoms with van der Waals surface area (Å²) < 4.78 is 9.01. The molecule has 0 saturated heterocycles. The lowest BCUT2D eigenvalue weighted by molar-refractivity contribution is 0.259. The predicted octanol–water partition coefficient (Wildman–Crippen LogP) is 7.23. The number of unbranched alkanes of at least 4 members (excludes halogenated alkanes) is 5. The number of ether oxygens (including phenoxy) is 1. The Morgan fingerprint density at radius 2 is 1.51 bits per heavy atom. The van der Waals surface area contributed by atoms with E-state index < -0.39 is 6.03 Å². The highest BCUT2D eigenvalue weighted by molar-refractivity contribution is 7.80. The summed E-state index contributed by atoms with van der Waals surface area (Å²) >= 11 is 9.97. The highest BCUT2D eigenvalue weighted by atomic mass is 32.1. The van der Waals surface area contributed by atoms with Crippen molar-refractivity contribution >= 4 is 47.2 Å². The molecule has 3 aromatic carbocycles. The summed E-state index contributed by atoms with van der Waals surface area (Å²) in [6.07, 6.45) is 7.59. The minimum Gasteiger partial charge on any atom is -0.491 e. The van der Waals surface area contributed by atoms with Crippen molar-refractivity contribution in [1.29, 1.82) is 0 Å². The number of anilines is 2. The smallest absolute Gasteiger partial charge is 0.356 e. The molecule has 1 aliphatic carbocycles. The van der Waals surface area contributed by atoms with Crippen LogP contribution < -0.4 is 20.7 Å². The number of thiocarbonyl (C=S) groups is 1. The maximum absolute atomic E-state index is 11.4. The van der Waals surface area contributed by atoms with Crippen LogP contribution in [0.2, 0.25) is 0 Å². The van der Waals surface area contributed by atoms with Gasteiger partial charge in [-0.05, 0) is 65.5 Å². The number of urea groups is 1. The first-order valence-electron chi connectivity index (χ1n) is 12.8. The minimum absolute atomic E-state index is 0.563. The lowest BCUT2D eigenvalue weighted by Gasteiger charge is -2.14. The number of hydrogen-bond acceptors (Lipinski definition) is 4. The summed E-state index contributed by atoms with van der Waals surface area (Å²) in [6, 6.07) is 21.7. The zero-order valence-corrected chi connectivity index (χ0v) is 22.4. The van der Waals surface area contributed by atoms with Crippen LogP contribution in [0, 0.1) is 0 Å². The molecule has 8 heteroatoms. The first kappa shape index (κ1) is 26.7. The van der Waals surface area contributed by atoms with Crippen LogP contribution in [-0.2, 0) is 18.8 Å². The molecule has 0 bridgehead atoms. The lowest BCUT2D eigenvalue weighted by atomic mass is 10.1. The Morgan fingerprint density at radius 3 is 2.38 bits per heavy atom. The molecule has 0 unspecified atom stereocenters. The summed E-state index contributed by atoms with van der Waals surface area (Å²) in [5.41, 5.74) is 6.99. The number of para-hydroxylation sites is 2. The fourth-order valence-electron chi connectivity index (χ4n) is 4.59. The number of amides is 2. The van der Waals surface area contributed by atoms with Crippen LogP contribution in [0.3, 0.4) is 0 Å². The number of rotatable bonds is 12. The fraction of sp³-hybridized carbons (Fsp3) is 0.310. The molecule has 6 nitrogen and oxygen atoms in total. The molecule has 0 atom stereocenters. The van der Waals surface area contributed by atoms with E-state index in [0.717, 1.165) is 50.8 Å². The quantitative estimate of drug-likeness (QED) is 0.132. The zero-order valence-electron chi connectivity index (χ0n) is 20.8. The molecule has 0 radical (unpaired) electrons. The second kappa shape index (κ2) is 13.8. The number of fused-ring (bicyclic) bond motifs is 3. The van der Waals surface area contributed by atoms with E-state index in [1.54, 1.807) is 6.07 Å². The normalized spacial score (nSPS) is 11.2. The van der Waals surface area contributed by atoms with Gasteiger partial charge in [0.15, 0.2) is 5.11 Å². The fourth-order valence-corrected chi connectivity index (χ4v) is 4.85. The van der Waals surface area contributed by atoms with Gasteiger partial charge in [0.25, 0.3) is 0 Å². The van der Waals surface area contributed by atoms with Gasteiger partial charge in [0.2, 0.25) is 0 Å². The van der Waals surface area contributed by atoms with E-state index >= 15 is 0 Å². The van der Waals surface area contributed by atoms with Crippen LogP contribution in [0.1, 0.15) is 49.7 Å². The number of carbonyl (C=O) groups is 1. The molecule has 3 aromatic rings. The third kappa shape index (κ3) is 7.57. The van der Waals surface area contributed by atoms with Gasteiger partial charge in [0.05, 0.1) is 12.3 Å². The molecule has 0 aliphatic heterocycles. The zero-order chi connectivity index (χ0) is 25.9. The van der Waals surface area contributed by atoms with Gasteiger partial charge in [0.1, 0.15) is 5.75 Å².